The zero-order valence-electron chi connectivity index (χ0n) is 8.96. The zero-order chi connectivity index (χ0) is 12.4. The summed E-state index contributed by atoms with van der Waals surface area (Å²) in [6.45, 7) is 0. The maximum absolute atomic E-state index is 10.9. The van der Waals surface area contributed by atoms with Crippen LogP contribution in [0.1, 0.15) is 5.56 Å². The smallest absolute Gasteiger partial charge is 0.776 e. The second-order valence-corrected chi connectivity index (χ2v) is 6.57. The fourth-order valence-electron chi connectivity index (χ4n) is 1.06. The Labute approximate surface area is 121 Å². The largest absolute Gasteiger partial charge is 1.00 e. The minimum atomic E-state index is -5.30. The molecule has 0 aliphatic heterocycles. The molecule has 0 aromatic carbocycles. The molecule has 0 aliphatic carbocycles. The molecule has 2 unspecified atom stereocenters. The van der Waals surface area contributed by atoms with Crippen LogP contribution in [0.25, 0.3) is 0 Å². The number of pyridine rings is 1. The van der Waals surface area contributed by atoms with Crippen LogP contribution >= 0.6 is 16.0 Å². The van der Waals surface area contributed by atoms with Crippen LogP contribution < -0.4 is 34.5 Å². The van der Waals surface area contributed by atoms with Crippen molar-refractivity contribution in [1.29, 1.82) is 0 Å². The van der Waals surface area contributed by atoms with Crippen LogP contribution in [0.3, 0.4) is 0 Å². The molecule has 1 aromatic rings. The Morgan fingerprint density at radius 1 is 1.53 bits per heavy atom. The first-order valence-corrected chi connectivity index (χ1v) is 6.93. The Bertz CT molecular complexity index is 399. The number of aromatic nitrogens is 1. The van der Waals surface area contributed by atoms with Crippen LogP contribution in [-0.2, 0) is 11.0 Å². The van der Waals surface area contributed by atoms with Gasteiger partial charge in [0.2, 0.25) is 13.5 Å². The van der Waals surface area contributed by atoms with Crippen LogP contribution in [-0.4, -0.2) is 29.9 Å². The third-order valence-electron chi connectivity index (χ3n) is 1.94. The average Bonchev–Trinajstić information content (AvgIpc) is 2.17. The van der Waals surface area contributed by atoms with E-state index >= 15 is 0 Å². The van der Waals surface area contributed by atoms with Gasteiger partial charge >= 0.3 is 29.6 Å². The van der Waals surface area contributed by atoms with E-state index in [1.54, 1.807) is 0 Å². The van der Waals surface area contributed by atoms with Gasteiger partial charge in [0.05, 0.1) is 0 Å². The van der Waals surface area contributed by atoms with E-state index < -0.39 is 27.5 Å². The van der Waals surface area contributed by atoms with Gasteiger partial charge in [0.1, 0.15) is 0 Å². The first kappa shape index (κ1) is 17.6. The molecule has 1 rings (SSSR count). The molecule has 0 radical (unpaired) electrons. The van der Waals surface area contributed by atoms with Crippen LogP contribution in [0.2, 0.25) is 0 Å². The van der Waals surface area contributed by atoms with Crippen LogP contribution in [0.4, 0.5) is 0 Å². The van der Waals surface area contributed by atoms with Crippen molar-refractivity contribution in [2.45, 2.75) is 11.5 Å². The van der Waals surface area contributed by atoms with E-state index in [2.05, 4.69) is 4.98 Å². The molecule has 0 saturated heterocycles. The number of hydrogen-bond acceptors (Lipinski definition) is 6. The number of rotatable bonds is 4. The number of nitrogens with zero attached hydrogens (tertiary/aromatic N) is 1. The van der Waals surface area contributed by atoms with Gasteiger partial charge in [0.25, 0.3) is 0 Å². The third-order valence-corrected chi connectivity index (χ3v) is 5.09. The molecular formula is C7H10NNaO6P2. The number of hydrogen-bond donors (Lipinski definition) is 4. The quantitative estimate of drug-likeness (QED) is 0.329. The maximum atomic E-state index is 10.9. The molecule has 0 fully saturated rings. The molecule has 0 saturated carbocycles. The van der Waals surface area contributed by atoms with Crippen LogP contribution in [0.5, 0.6) is 0 Å². The summed E-state index contributed by atoms with van der Waals surface area (Å²) in [5.74, 6) is 0. The van der Waals surface area contributed by atoms with Gasteiger partial charge in [-0.1, -0.05) is 6.07 Å². The fourth-order valence-corrected chi connectivity index (χ4v) is 2.67. The normalized spacial score (nSPS) is 18.0. The van der Waals surface area contributed by atoms with Gasteiger partial charge < -0.3 is 29.2 Å². The van der Waals surface area contributed by atoms with Crippen molar-refractivity contribution in [2.75, 3.05) is 0 Å². The van der Waals surface area contributed by atoms with Gasteiger partial charge in [0.15, 0.2) is 7.60 Å². The minimum Gasteiger partial charge on any atom is -0.776 e. The van der Waals surface area contributed by atoms with Crippen LogP contribution in [0, 0.1) is 0 Å². The average molecular weight is 289 g/mol. The summed E-state index contributed by atoms with van der Waals surface area (Å²) in [5, 5.41) is 6.59. The summed E-state index contributed by atoms with van der Waals surface area (Å²) in [6, 6.07) is 2.92. The Morgan fingerprint density at radius 3 is 2.47 bits per heavy atom. The molecule has 90 valence electrons. The predicted molar refractivity (Wildman–Crippen MR) is 54.1 cm³/mol. The van der Waals surface area contributed by atoms with E-state index in [0.29, 0.717) is 0 Å². The molecule has 17 heavy (non-hydrogen) atoms. The van der Waals surface area contributed by atoms with Crippen molar-refractivity contribution in [3.05, 3.63) is 30.1 Å². The molecule has 1 aromatic heterocycles. The summed E-state index contributed by atoms with van der Waals surface area (Å²) in [5.41, 5.74) is 0.255. The van der Waals surface area contributed by atoms with Gasteiger partial charge in [-0.3, -0.25) is 4.98 Å². The maximum Gasteiger partial charge on any atom is 1.00 e. The summed E-state index contributed by atoms with van der Waals surface area (Å²) in [4.78, 5) is 41.1. The van der Waals surface area contributed by atoms with Crippen molar-refractivity contribution >= 4 is 16.0 Å². The molecule has 2 atom stereocenters. The van der Waals surface area contributed by atoms with Gasteiger partial charge in [-0.2, -0.15) is 0 Å². The van der Waals surface area contributed by atoms with Crippen molar-refractivity contribution < 1.29 is 58.8 Å². The second kappa shape index (κ2) is 6.68. The Balaban J connectivity index is 0.00000256. The topological polar surface area (TPSA) is 134 Å². The van der Waals surface area contributed by atoms with Gasteiger partial charge in [-0.05, 0) is 11.6 Å². The zero-order valence-corrected chi connectivity index (χ0v) is 12.8. The standard InChI is InChI=1S/C7H11NO6P2.Na/c9-7(15(10)11,16(12,13)14)4-6-2-1-3-8-5-6;/h1-3,5,9-11H,4H2,(H2,12,13,14);/q;+1/p-1. The molecule has 0 spiro atoms. The monoisotopic (exact) mass is 289 g/mol. The van der Waals surface area contributed by atoms with E-state index in [4.69, 9.17) is 14.7 Å². The van der Waals surface area contributed by atoms with Crippen LogP contribution in [0.15, 0.2) is 24.5 Å². The number of aliphatic hydroxyl groups is 1. The Morgan fingerprint density at radius 2 is 2.12 bits per heavy atom. The van der Waals surface area contributed by atoms with E-state index in [9.17, 15) is 14.6 Å². The summed E-state index contributed by atoms with van der Waals surface area (Å²) >= 11 is 0. The first-order valence-electron chi connectivity index (χ1n) is 4.10. The summed E-state index contributed by atoms with van der Waals surface area (Å²) < 4.78 is 10.9. The SMILES string of the molecule is O=P([O-])(O)C(O)(Cc1cccnc1)P(O)O.[Na+]. The van der Waals surface area contributed by atoms with E-state index in [-0.39, 0.29) is 35.1 Å². The molecule has 10 heteroatoms. The molecule has 4 N–H and O–H groups in total. The molecular weight excluding hydrogens is 279 g/mol. The Kier molecular flexibility index (Phi) is 6.92. The molecule has 0 aliphatic rings. The summed E-state index contributed by atoms with van der Waals surface area (Å²) in [7, 11) is -8.56. The van der Waals surface area contributed by atoms with Gasteiger partial charge in [0, 0.05) is 18.8 Å². The molecule has 0 amide bonds. The third kappa shape index (κ3) is 4.33. The molecule has 0 bridgehead atoms. The van der Waals surface area contributed by atoms with E-state index in [1.807, 2.05) is 0 Å². The Hall–Kier alpha value is 0.610. The summed E-state index contributed by atoms with van der Waals surface area (Å²) in [6.07, 6.45) is 2.04. The second-order valence-electron chi connectivity index (χ2n) is 3.12. The first-order chi connectivity index (χ1) is 7.27. The predicted octanol–water partition coefficient (Wildman–Crippen LogP) is -3.88. The van der Waals surface area contributed by atoms with Gasteiger partial charge in [-0.15, -0.1) is 0 Å². The van der Waals surface area contributed by atoms with E-state index in [1.165, 1.54) is 24.5 Å². The van der Waals surface area contributed by atoms with Gasteiger partial charge in [-0.25, -0.2) is 0 Å². The van der Waals surface area contributed by atoms with Crippen molar-refractivity contribution in [1.82, 2.24) is 4.98 Å². The van der Waals surface area contributed by atoms with Crippen molar-refractivity contribution in [2.24, 2.45) is 0 Å². The van der Waals surface area contributed by atoms with Crippen molar-refractivity contribution in [3.63, 3.8) is 0 Å². The molecule has 7 nitrogen and oxygen atoms in total. The minimum absolute atomic E-state index is 0. The fraction of sp³-hybridized carbons (Fsp3) is 0.286. The van der Waals surface area contributed by atoms with Crippen molar-refractivity contribution in [3.8, 4) is 0 Å². The van der Waals surface area contributed by atoms with E-state index in [0.717, 1.165) is 0 Å². The molecule has 1 heterocycles.